The maximum atomic E-state index is 12.8. The summed E-state index contributed by atoms with van der Waals surface area (Å²) in [7, 11) is -2.05. The van der Waals surface area contributed by atoms with Crippen LogP contribution in [-0.4, -0.2) is 38.0 Å². The molecule has 0 aliphatic rings. The van der Waals surface area contributed by atoms with E-state index in [-0.39, 0.29) is 16.3 Å². The Balaban J connectivity index is 1.37. The number of aromatic hydroxyl groups is 1. The molecule has 0 spiro atoms. The van der Waals surface area contributed by atoms with Crippen LogP contribution < -0.4 is 10.1 Å². The van der Waals surface area contributed by atoms with Crippen LogP contribution in [0.4, 0.5) is 34.1 Å². The normalized spacial score (nSPS) is 12.0. The van der Waals surface area contributed by atoms with Crippen LogP contribution in [-0.2, 0) is 10.0 Å². The molecule has 0 heterocycles. The molecule has 0 aliphatic heterocycles. The third kappa shape index (κ3) is 7.04. The number of rotatable bonds is 11. The highest BCUT2D eigenvalue weighted by Gasteiger charge is 2.21. The molecule has 0 aliphatic carbocycles. The Bertz CT molecular complexity index is 2030. The van der Waals surface area contributed by atoms with Gasteiger partial charge in [-0.15, -0.1) is 22.9 Å². The van der Waals surface area contributed by atoms with Crippen molar-refractivity contribution in [3.05, 3.63) is 96.6 Å². The van der Waals surface area contributed by atoms with Crippen LogP contribution in [0.5, 0.6) is 11.5 Å². The van der Waals surface area contributed by atoms with Crippen molar-refractivity contribution in [3.63, 3.8) is 0 Å². The number of para-hydroxylation sites is 1. The molecule has 0 unspecified atom stereocenters. The van der Waals surface area contributed by atoms with Gasteiger partial charge in [0.05, 0.1) is 23.4 Å². The van der Waals surface area contributed by atoms with Gasteiger partial charge in [-0.2, -0.15) is 14.5 Å². The van der Waals surface area contributed by atoms with Crippen LogP contribution in [0.25, 0.3) is 10.8 Å². The molecule has 236 valence electrons. The molecule has 10 nitrogen and oxygen atoms in total. The van der Waals surface area contributed by atoms with Gasteiger partial charge in [-0.25, -0.2) is 8.42 Å². The zero-order valence-electron chi connectivity index (χ0n) is 25.8. The number of benzene rings is 5. The van der Waals surface area contributed by atoms with Gasteiger partial charge in [0.1, 0.15) is 17.1 Å². The third-order valence-corrected chi connectivity index (χ3v) is 9.74. The largest absolute Gasteiger partial charge is 0.505 e. The van der Waals surface area contributed by atoms with E-state index >= 15 is 0 Å². The number of nitrogens with one attached hydrogen (secondary N) is 1. The number of thiol groups is 1. The molecular formula is C34H34N6O4S2. The quantitative estimate of drug-likeness (QED) is 0.0965. The van der Waals surface area contributed by atoms with Crippen molar-refractivity contribution < 1.29 is 18.3 Å². The highest BCUT2D eigenvalue weighted by Crippen LogP contribution is 2.43. The van der Waals surface area contributed by atoms with Gasteiger partial charge in [-0.3, -0.25) is 0 Å². The number of nitrogens with zero attached hydrogens (tertiary/aromatic N) is 5. The van der Waals surface area contributed by atoms with Gasteiger partial charge in [-0.05, 0) is 84.6 Å². The van der Waals surface area contributed by atoms with Crippen LogP contribution in [0, 0.1) is 6.92 Å². The lowest BCUT2D eigenvalue weighted by atomic mass is 10.1. The lowest BCUT2D eigenvalue weighted by molar-refractivity contribution is 0.416. The average Bonchev–Trinajstić information content (AvgIpc) is 3.05. The molecule has 0 aromatic heterocycles. The molecule has 0 bridgehead atoms. The fourth-order valence-electron chi connectivity index (χ4n) is 4.85. The molecular weight excluding hydrogens is 621 g/mol. The predicted molar refractivity (Wildman–Crippen MR) is 185 cm³/mol. The van der Waals surface area contributed by atoms with Crippen molar-refractivity contribution in [2.45, 2.75) is 30.6 Å². The van der Waals surface area contributed by atoms with E-state index < -0.39 is 10.0 Å². The molecule has 0 fully saturated rings. The second-order valence-electron chi connectivity index (χ2n) is 10.3. The summed E-state index contributed by atoms with van der Waals surface area (Å²) in [6.45, 7) is 6.25. The van der Waals surface area contributed by atoms with E-state index in [1.807, 2.05) is 61.5 Å². The van der Waals surface area contributed by atoms with Gasteiger partial charge < -0.3 is 15.2 Å². The van der Waals surface area contributed by atoms with E-state index in [0.29, 0.717) is 46.2 Å². The van der Waals surface area contributed by atoms with Gasteiger partial charge in [0.2, 0.25) is 10.0 Å². The number of azo groups is 2. The molecule has 12 heteroatoms. The Hall–Kier alpha value is -4.78. The van der Waals surface area contributed by atoms with Gasteiger partial charge in [0.15, 0.2) is 5.75 Å². The standard InChI is InChI=1S/C34H34N6O4S2/c1-5-40(6-2)46(42,43)27-15-12-25(13-16-27)36-37-29-21-31(44-4)30(18-22(29)3)38-39-33-32(45)20-23-19-26(14-17-28(23)34(33)41)35-24-10-8-7-9-11-24/h7-21,35,41,45H,5-6H2,1-4H3. The summed E-state index contributed by atoms with van der Waals surface area (Å²) < 4.78 is 32.5. The monoisotopic (exact) mass is 654 g/mol. The van der Waals surface area contributed by atoms with Gasteiger partial charge in [0, 0.05) is 40.8 Å². The first kappa shape index (κ1) is 32.6. The third-order valence-electron chi connectivity index (χ3n) is 7.34. The maximum absolute atomic E-state index is 12.8. The molecule has 5 rings (SSSR count). The van der Waals surface area contributed by atoms with Gasteiger partial charge in [0.25, 0.3) is 0 Å². The Morgan fingerprint density at radius 1 is 0.826 bits per heavy atom. The number of ether oxygens (including phenoxy) is 1. The first-order valence-corrected chi connectivity index (χ1v) is 16.5. The number of methoxy groups -OCH3 is 1. The molecule has 0 atom stereocenters. The minimum Gasteiger partial charge on any atom is -0.505 e. The molecule has 0 saturated heterocycles. The summed E-state index contributed by atoms with van der Waals surface area (Å²) in [6.07, 6.45) is 0. The van der Waals surface area contributed by atoms with Crippen LogP contribution in [0.2, 0.25) is 0 Å². The average molecular weight is 655 g/mol. The van der Waals surface area contributed by atoms with Crippen molar-refractivity contribution in [1.82, 2.24) is 4.31 Å². The van der Waals surface area contributed by atoms with Crippen molar-refractivity contribution in [3.8, 4) is 11.5 Å². The summed E-state index contributed by atoms with van der Waals surface area (Å²) in [5, 5.41) is 33.2. The van der Waals surface area contributed by atoms with Crippen molar-refractivity contribution in [2.24, 2.45) is 20.5 Å². The van der Waals surface area contributed by atoms with E-state index in [1.54, 1.807) is 38.1 Å². The summed E-state index contributed by atoms with van der Waals surface area (Å²) in [4.78, 5) is 0.664. The Labute approximate surface area is 274 Å². The highest BCUT2D eigenvalue weighted by atomic mass is 32.2. The molecule has 0 saturated carbocycles. The summed E-state index contributed by atoms with van der Waals surface area (Å²) in [5.74, 6) is 0.371. The van der Waals surface area contributed by atoms with Crippen LogP contribution >= 0.6 is 12.6 Å². The van der Waals surface area contributed by atoms with E-state index in [1.165, 1.54) is 23.5 Å². The Morgan fingerprint density at radius 3 is 2.20 bits per heavy atom. The number of hydrogen-bond acceptors (Lipinski definition) is 10. The Kier molecular flexibility index (Phi) is 10.0. The number of hydrogen-bond donors (Lipinski definition) is 3. The lowest BCUT2D eigenvalue weighted by Gasteiger charge is -2.18. The Morgan fingerprint density at radius 2 is 1.52 bits per heavy atom. The number of anilines is 2. The van der Waals surface area contributed by atoms with E-state index in [9.17, 15) is 13.5 Å². The van der Waals surface area contributed by atoms with Gasteiger partial charge >= 0.3 is 0 Å². The fraction of sp³-hybridized carbons (Fsp3) is 0.176. The van der Waals surface area contributed by atoms with E-state index in [0.717, 1.165) is 22.3 Å². The smallest absolute Gasteiger partial charge is 0.243 e. The second kappa shape index (κ2) is 14.1. The predicted octanol–water partition coefficient (Wildman–Crippen LogP) is 9.76. The number of phenols is 1. The topological polar surface area (TPSA) is 128 Å². The minimum atomic E-state index is -3.56. The molecule has 5 aromatic carbocycles. The highest BCUT2D eigenvalue weighted by molar-refractivity contribution is 7.89. The first-order chi connectivity index (χ1) is 22.1. The van der Waals surface area contributed by atoms with Crippen LogP contribution in [0.15, 0.2) is 121 Å². The minimum absolute atomic E-state index is 0.0328. The van der Waals surface area contributed by atoms with E-state index in [4.69, 9.17) is 4.74 Å². The number of aryl methyl sites for hydroxylation is 1. The van der Waals surface area contributed by atoms with Gasteiger partial charge in [-0.1, -0.05) is 32.0 Å². The second-order valence-corrected chi connectivity index (χ2v) is 12.7. The van der Waals surface area contributed by atoms with Crippen LogP contribution in [0.3, 0.4) is 0 Å². The lowest BCUT2D eigenvalue weighted by Crippen LogP contribution is -2.30. The number of phenolic OH excluding ortho intramolecular Hbond substituents is 1. The number of fused-ring (bicyclic) bond motifs is 1. The van der Waals surface area contributed by atoms with E-state index in [2.05, 4.69) is 38.4 Å². The number of sulfonamides is 1. The maximum Gasteiger partial charge on any atom is 0.243 e. The summed E-state index contributed by atoms with van der Waals surface area (Å²) >= 11 is 4.58. The zero-order valence-corrected chi connectivity index (χ0v) is 27.5. The summed E-state index contributed by atoms with van der Waals surface area (Å²) in [6, 6.07) is 27.0. The molecule has 0 amide bonds. The molecule has 46 heavy (non-hydrogen) atoms. The molecule has 2 N–H and O–H groups in total. The SMILES string of the molecule is CCN(CC)S(=O)(=O)c1ccc(N=Nc2cc(OC)c(N=Nc3c(S)cc4cc(Nc5ccccc5)ccc4c3O)cc2C)cc1. The van der Waals surface area contributed by atoms with Crippen molar-refractivity contribution in [1.29, 1.82) is 0 Å². The summed E-state index contributed by atoms with van der Waals surface area (Å²) in [5.41, 5.74) is 4.28. The fourth-order valence-corrected chi connectivity index (χ4v) is 6.60. The zero-order chi connectivity index (χ0) is 32.8. The van der Waals surface area contributed by atoms with Crippen molar-refractivity contribution >= 4 is 67.5 Å². The molecule has 0 radical (unpaired) electrons. The molecule has 5 aromatic rings. The van der Waals surface area contributed by atoms with Crippen LogP contribution in [0.1, 0.15) is 19.4 Å². The van der Waals surface area contributed by atoms with Crippen molar-refractivity contribution in [2.75, 3.05) is 25.5 Å². The first-order valence-electron chi connectivity index (χ1n) is 14.6.